The fourth-order valence-electron chi connectivity index (χ4n) is 4.08. The SMILES string of the molecule is CCCn1ncc(N2CCC(C(=O)N3CCN(C(C)C)CC3)CC2)cc1=O. The molecule has 3 rings (SSSR count). The van der Waals surface area contributed by atoms with Gasteiger partial charge in [-0.3, -0.25) is 14.5 Å². The van der Waals surface area contributed by atoms with Gasteiger partial charge in [0, 0.05) is 63.8 Å². The zero-order valence-corrected chi connectivity index (χ0v) is 16.9. The number of piperazine rings is 1. The van der Waals surface area contributed by atoms with Crippen molar-refractivity contribution in [1.29, 1.82) is 0 Å². The molecule has 2 aliphatic rings. The lowest BCUT2D eigenvalue weighted by atomic mass is 9.94. The highest BCUT2D eigenvalue weighted by atomic mass is 16.2. The first-order valence-electron chi connectivity index (χ1n) is 10.3. The average Bonchev–Trinajstić information content (AvgIpc) is 2.69. The predicted molar refractivity (Wildman–Crippen MR) is 107 cm³/mol. The van der Waals surface area contributed by atoms with Crippen LogP contribution in [0.3, 0.4) is 0 Å². The van der Waals surface area contributed by atoms with E-state index in [1.165, 1.54) is 4.68 Å². The Morgan fingerprint density at radius 1 is 1.15 bits per heavy atom. The number of aryl methyl sites for hydroxylation is 1. The zero-order valence-electron chi connectivity index (χ0n) is 16.9. The lowest BCUT2D eigenvalue weighted by Crippen LogP contribution is -2.53. The smallest absolute Gasteiger partial charge is 0.268 e. The molecule has 0 aliphatic carbocycles. The molecule has 7 heteroatoms. The van der Waals surface area contributed by atoms with Gasteiger partial charge in [0.1, 0.15) is 0 Å². The van der Waals surface area contributed by atoms with Crippen LogP contribution in [-0.2, 0) is 11.3 Å². The molecule has 27 heavy (non-hydrogen) atoms. The Labute approximate surface area is 161 Å². The molecule has 150 valence electrons. The van der Waals surface area contributed by atoms with Crippen LogP contribution in [0, 0.1) is 5.92 Å². The summed E-state index contributed by atoms with van der Waals surface area (Å²) in [5.74, 6) is 0.426. The van der Waals surface area contributed by atoms with Crippen LogP contribution in [0.25, 0.3) is 0 Å². The van der Waals surface area contributed by atoms with E-state index >= 15 is 0 Å². The summed E-state index contributed by atoms with van der Waals surface area (Å²) in [6.07, 6.45) is 4.37. The largest absolute Gasteiger partial charge is 0.370 e. The number of carbonyl (C=O) groups excluding carboxylic acids is 1. The summed E-state index contributed by atoms with van der Waals surface area (Å²) in [6.45, 7) is 12.4. The minimum atomic E-state index is -0.0458. The second-order valence-electron chi connectivity index (χ2n) is 7.99. The highest BCUT2D eigenvalue weighted by molar-refractivity contribution is 5.79. The molecule has 1 amide bonds. The first-order chi connectivity index (χ1) is 13.0. The third-order valence-electron chi connectivity index (χ3n) is 5.86. The second kappa shape index (κ2) is 8.87. The van der Waals surface area contributed by atoms with Crippen molar-refractivity contribution in [3.05, 3.63) is 22.6 Å². The maximum atomic E-state index is 12.9. The molecule has 0 spiro atoms. The number of hydrogen-bond acceptors (Lipinski definition) is 5. The van der Waals surface area contributed by atoms with Gasteiger partial charge in [-0.25, -0.2) is 4.68 Å². The molecule has 0 unspecified atom stereocenters. The molecule has 0 N–H and O–H groups in total. The highest BCUT2D eigenvalue weighted by Crippen LogP contribution is 2.24. The molecule has 3 heterocycles. The molecule has 2 aliphatic heterocycles. The van der Waals surface area contributed by atoms with Crippen molar-refractivity contribution in [2.24, 2.45) is 5.92 Å². The first-order valence-corrected chi connectivity index (χ1v) is 10.3. The van der Waals surface area contributed by atoms with Crippen molar-refractivity contribution in [1.82, 2.24) is 19.6 Å². The third kappa shape index (κ3) is 4.69. The Hall–Kier alpha value is -1.89. The molecule has 0 atom stereocenters. The van der Waals surface area contributed by atoms with E-state index in [0.717, 1.165) is 64.2 Å². The van der Waals surface area contributed by atoms with Crippen molar-refractivity contribution in [2.45, 2.75) is 52.6 Å². The normalized spacial score (nSPS) is 19.7. The molecule has 2 saturated heterocycles. The molecular formula is C20H33N5O2. The summed E-state index contributed by atoms with van der Waals surface area (Å²) < 4.78 is 1.51. The van der Waals surface area contributed by atoms with Gasteiger partial charge in [-0.1, -0.05) is 6.92 Å². The third-order valence-corrected chi connectivity index (χ3v) is 5.86. The van der Waals surface area contributed by atoms with Crippen LogP contribution in [-0.4, -0.2) is 70.8 Å². The fourth-order valence-corrected chi connectivity index (χ4v) is 4.08. The maximum absolute atomic E-state index is 12.9. The van der Waals surface area contributed by atoms with E-state index in [9.17, 15) is 9.59 Å². The number of nitrogens with zero attached hydrogens (tertiary/aromatic N) is 5. The van der Waals surface area contributed by atoms with E-state index in [2.05, 4.69) is 28.7 Å². The van der Waals surface area contributed by atoms with Gasteiger partial charge in [0.2, 0.25) is 5.91 Å². The van der Waals surface area contributed by atoms with Crippen molar-refractivity contribution >= 4 is 11.6 Å². The molecule has 2 fully saturated rings. The van der Waals surface area contributed by atoms with Crippen molar-refractivity contribution in [2.75, 3.05) is 44.2 Å². The number of piperidine rings is 1. The Morgan fingerprint density at radius 2 is 1.81 bits per heavy atom. The van der Waals surface area contributed by atoms with Gasteiger partial charge in [0.05, 0.1) is 11.9 Å². The summed E-state index contributed by atoms with van der Waals surface area (Å²) in [7, 11) is 0. The van der Waals surface area contributed by atoms with E-state index < -0.39 is 0 Å². The summed E-state index contributed by atoms with van der Waals surface area (Å²) in [5, 5.41) is 4.27. The number of hydrogen-bond donors (Lipinski definition) is 0. The average molecular weight is 376 g/mol. The minimum absolute atomic E-state index is 0.0458. The first kappa shape index (κ1) is 19.9. The van der Waals surface area contributed by atoms with Crippen LogP contribution in [0.2, 0.25) is 0 Å². The van der Waals surface area contributed by atoms with Crippen LogP contribution in [0.4, 0.5) is 5.69 Å². The van der Waals surface area contributed by atoms with Crippen LogP contribution in [0.1, 0.15) is 40.0 Å². The van der Waals surface area contributed by atoms with Crippen molar-refractivity contribution < 1.29 is 4.79 Å². The number of amides is 1. The quantitative estimate of drug-likeness (QED) is 0.779. The number of rotatable bonds is 5. The summed E-state index contributed by atoms with van der Waals surface area (Å²) in [6, 6.07) is 2.22. The van der Waals surface area contributed by atoms with Gasteiger partial charge >= 0.3 is 0 Å². The fraction of sp³-hybridized carbons (Fsp3) is 0.750. The molecule has 0 saturated carbocycles. The highest BCUT2D eigenvalue weighted by Gasteiger charge is 2.31. The van der Waals surface area contributed by atoms with Crippen molar-refractivity contribution in [3.63, 3.8) is 0 Å². The molecule has 7 nitrogen and oxygen atoms in total. The second-order valence-corrected chi connectivity index (χ2v) is 7.99. The molecule has 0 radical (unpaired) electrons. The van der Waals surface area contributed by atoms with E-state index in [0.29, 0.717) is 18.5 Å². The standard InChI is InChI=1S/C20H33N5O2/c1-4-7-25-19(26)14-18(15-21-25)23-8-5-17(6-9-23)20(27)24-12-10-22(11-13-24)16(2)3/h14-17H,4-13H2,1-3H3. The summed E-state index contributed by atoms with van der Waals surface area (Å²) >= 11 is 0. The van der Waals surface area contributed by atoms with Gasteiger partial charge in [0.25, 0.3) is 5.56 Å². The van der Waals surface area contributed by atoms with Crippen LogP contribution in [0.5, 0.6) is 0 Å². The Morgan fingerprint density at radius 3 is 2.37 bits per heavy atom. The van der Waals surface area contributed by atoms with Crippen molar-refractivity contribution in [3.8, 4) is 0 Å². The zero-order chi connectivity index (χ0) is 19.4. The lowest BCUT2D eigenvalue weighted by molar-refractivity contribution is -0.138. The maximum Gasteiger partial charge on any atom is 0.268 e. The predicted octanol–water partition coefficient (Wildman–Crippen LogP) is 1.42. The topological polar surface area (TPSA) is 61.7 Å². The summed E-state index contributed by atoms with van der Waals surface area (Å²) in [5.41, 5.74) is 0.833. The van der Waals surface area contributed by atoms with Gasteiger partial charge < -0.3 is 9.80 Å². The Kier molecular flexibility index (Phi) is 6.52. The molecule has 0 aromatic carbocycles. The molecule has 1 aromatic heterocycles. The van der Waals surface area contributed by atoms with Gasteiger partial charge in [-0.05, 0) is 33.1 Å². The van der Waals surface area contributed by atoms with Gasteiger partial charge in [-0.2, -0.15) is 5.10 Å². The molecule has 1 aromatic rings. The van der Waals surface area contributed by atoms with E-state index in [4.69, 9.17) is 0 Å². The minimum Gasteiger partial charge on any atom is -0.370 e. The Balaban J connectivity index is 1.52. The van der Waals surface area contributed by atoms with Crippen LogP contribution < -0.4 is 10.5 Å². The van der Waals surface area contributed by atoms with Crippen LogP contribution >= 0.6 is 0 Å². The lowest BCUT2D eigenvalue weighted by Gasteiger charge is -2.40. The van der Waals surface area contributed by atoms with E-state index in [1.54, 1.807) is 12.3 Å². The monoisotopic (exact) mass is 375 g/mol. The summed E-state index contributed by atoms with van der Waals surface area (Å²) in [4.78, 5) is 31.7. The van der Waals surface area contributed by atoms with Crippen LogP contribution in [0.15, 0.2) is 17.1 Å². The number of aromatic nitrogens is 2. The number of anilines is 1. The molecule has 0 bridgehead atoms. The van der Waals surface area contributed by atoms with E-state index in [1.807, 2.05) is 11.8 Å². The van der Waals surface area contributed by atoms with Gasteiger partial charge in [0.15, 0.2) is 0 Å². The number of carbonyl (C=O) groups is 1. The van der Waals surface area contributed by atoms with E-state index in [-0.39, 0.29) is 11.5 Å². The van der Waals surface area contributed by atoms with Gasteiger partial charge in [-0.15, -0.1) is 0 Å². The Bertz CT molecular complexity index is 686. The molecular weight excluding hydrogens is 342 g/mol.